The maximum absolute atomic E-state index is 14.2. The fourth-order valence-electron chi connectivity index (χ4n) is 2.61. The molecule has 1 fully saturated rings. The van der Waals surface area contributed by atoms with E-state index >= 15 is 0 Å². The molecule has 154 valence electrons. The topological polar surface area (TPSA) is 110 Å². The van der Waals surface area contributed by atoms with Crippen LogP contribution in [0.25, 0.3) is 10.1 Å². The van der Waals surface area contributed by atoms with Crippen molar-refractivity contribution in [3.05, 3.63) is 27.0 Å². The molecule has 0 spiro atoms. The average Bonchev–Trinajstić information content (AvgIpc) is 3.01. The standard InChI is InChI=1S/C15H13BrF4NO5PS/c16-10-8-3-6(13(21)22)4-9(26-2-1-7-5-14(7,17)18)11(8)28-12(10)15(19,20)27(23,24)25/h3-4,7H,1-2,5H2,(H2,21,22)(H2,23,24,25). The van der Waals surface area contributed by atoms with E-state index in [9.17, 15) is 26.9 Å². The van der Waals surface area contributed by atoms with Gasteiger partial charge in [0.1, 0.15) is 10.6 Å². The first-order chi connectivity index (χ1) is 12.8. The summed E-state index contributed by atoms with van der Waals surface area (Å²) in [6, 6.07) is 2.36. The summed E-state index contributed by atoms with van der Waals surface area (Å²) in [4.78, 5) is 28.6. The number of alkyl halides is 4. The predicted molar refractivity (Wildman–Crippen MR) is 97.1 cm³/mol. The van der Waals surface area contributed by atoms with Gasteiger partial charge in [-0.25, -0.2) is 8.78 Å². The normalized spacial score (nSPS) is 19.0. The highest BCUT2D eigenvalue weighted by molar-refractivity contribution is 9.10. The molecule has 1 aromatic carbocycles. The third-order valence-corrected chi connectivity index (χ3v) is 7.78. The maximum Gasteiger partial charge on any atom is 0.400 e. The van der Waals surface area contributed by atoms with Crippen molar-refractivity contribution in [1.82, 2.24) is 0 Å². The quantitative estimate of drug-likeness (QED) is 0.381. The monoisotopic (exact) mass is 505 g/mol. The van der Waals surface area contributed by atoms with Crippen molar-refractivity contribution < 1.29 is 41.4 Å². The van der Waals surface area contributed by atoms with Crippen LogP contribution in [0.3, 0.4) is 0 Å². The van der Waals surface area contributed by atoms with Gasteiger partial charge in [0.25, 0.3) is 5.92 Å². The molecule has 1 amide bonds. The Kier molecular flexibility index (Phi) is 5.33. The van der Waals surface area contributed by atoms with Crippen LogP contribution in [0.2, 0.25) is 0 Å². The van der Waals surface area contributed by atoms with Crippen LogP contribution >= 0.6 is 34.9 Å². The summed E-state index contributed by atoms with van der Waals surface area (Å²) in [5.74, 6) is -4.51. The number of thiophene rings is 1. The maximum atomic E-state index is 14.2. The largest absolute Gasteiger partial charge is 0.492 e. The number of benzene rings is 1. The van der Waals surface area contributed by atoms with E-state index in [4.69, 9.17) is 20.3 Å². The Bertz CT molecular complexity index is 1010. The first-order valence-corrected chi connectivity index (χ1v) is 11.0. The number of amides is 1. The van der Waals surface area contributed by atoms with Crippen molar-refractivity contribution in [2.24, 2.45) is 11.7 Å². The number of hydrogen-bond donors (Lipinski definition) is 3. The van der Waals surface area contributed by atoms with E-state index in [1.54, 1.807) is 0 Å². The lowest BCUT2D eigenvalue weighted by Crippen LogP contribution is -2.12. The molecule has 0 aliphatic heterocycles. The van der Waals surface area contributed by atoms with Crippen LogP contribution in [0.4, 0.5) is 17.6 Å². The number of ether oxygens (including phenoxy) is 1. The fourth-order valence-corrected chi connectivity index (χ4v) is 5.58. The number of carbonyl (C=O) groups is 1. The van der Waals surface area contributed by atoms with Crippen LogP contribution in [0.5, 0.6) is 5.75 Å². The molecule has 1 saturated carbocycles. The molecular weight excluding hydrogens is 493 g/mol. The van der Waals surface area contributed by atoms with Gasteiger partial charge >= 0.3 is 13.3 Å². The molecule has 6 nitrogen and oxygen atoms in total. The van der Waals surface area contributed by atoms with E-state index in [1.807, 2.05) is 0 Å². The molecule has 1 aromatic heterocycles. The number of primary amides is 1. The molecule has 1 unspecified atom stereocenters. The van der Waals surface area contributed by atoms with Crippen molar-refractivity contribution in [1.29, 1.82) is 0 Å². The van der Waals surface area contributed by atoms with Crippen LogP contribution in [-0.2, 0) is 10.2 Å². The predicted octanol–water partition coefficient (Wildman–Crippen LogP) is 4.41. The van der Waals surface area contributed by atoms with Gasteiger partial charge in [-0.1, -0.05) is 0 Å². The Morgan fingerprint density at radius 3 is 2.54 bits per heavy atom. The van der Waals surface area contributed by atoms with Gasteiger partial charge < -0.3 is 20.3 Å². The Balaban J connectivity index is 2.03. The minimum atomic E-state index is -5.83. The summed E-state index contributed by atoms with van der Waals surface area (Å²) < 4.78 is 70.7. The highest BCUT2D eigenvalue weighted by Gasteiger charge is 2.56. The molecule has 2 aromatic rings. The highest BCUT2D eigenvalue weighted by Crippen LogP contribution is 2.63. The lowest BCUT2D eigenvalue weighted by atomic mass is 10.1. The number of fused-ring (bicyclic) bond motifs is 1. The van der Waals surface area contributed by atoms with Gasteiger partial charge in [0.15, 0.2) is 0 Å². The van der Waals surface area contributed by atoms with Crippen molar-refractivity contribution in [3.8, 4) is 5.75 Å². The van der Waals surface area contributed by atoms with E-state index in [-0.39, 0.29) is 45.3 Å². The fraction of sp³-hybridized carbons (Fsp3) is 0.400. The van der Waals surface area contributed by atoms with Gasteiger partial charge in [-0.2, -0.15) is 8.78 Å². The summed E-state index contributed by atoms with van der Waals surface area (Å²) in [5, 5.41) is 0.0381. The lowest BCUT2D eigenvalue weighted by Gasteiger charge is -2.16. The van der Waals surface area contributed by atoms with Crippen LogP contribution in [0, 0.1) is 5.92 Å². The van der Waals surface area contributed by atoms with E-state index in [1.165, 1.54) is 12.1 Å². The summed E-state index contributed by atoms with van der Waals surface area (Å²) >= 11 is 3.26. The number of hydrogen-bond acceptors (Lipinski definition) is 4. The zero-order chi connectivity index (χ0) is 21.1. The van der Waals surface area contributed by atoms with Crippen LogP contribution in [-0.4, -0.2) is 28.2 Å². The van der Waals surface area contributed by atoms with E-state index in [2.05, 4.69) is 15.9 Å². The lowest BCUT2D eigenvalue weighted by molar-refractivity contribution is 0.0595. The molecule has 0 saturated heterocycles. The molecule has 1 atom stereocenters. The Morgan fingerprint density at radius 2 is 2.04 bits per heavy atom. The molecule has 3 rings (SSSR count). The number of halogens is 5. The van der Waals surface area contributed by atoms with Crippen LogP contribution < -0.4 is 10.5 Å². The molecule has 1 aliphatic rings. The zero-order valence-corrected chi connectivity index (χ0v) is 17.1. The van der Waals surface area contributed by atoms with E-state index in [0.717, 1.165) is 0 Å². The number of carbonyl (C=O) groups excluding carboxylic acids is 1. The summed E-state index contributed by atoms with van der Waals surface area (Å²) in [7, 11) is -5.83. The SMILES string of the molecule is NC(=O)c1cc(OCCC2CC2(F)F)c2sc(C(F)(F)P(=O)(O)O)c(Br)c2c1. The van der Waals surface area contributed by atoms with E-state index < -0.39 is 35.9 Å². The summed E-state index contributed by atoms with van der Waals surface area (Å²) in [6.07, 6.45) is -0.233. The third-order valence-electron chi connectivity index (χ3n) is 4.30. The average molecular weight is 506 g/mol. The molecule has 13 heteroatoms. The Labute approximate surface area is 167 Å². The Morgan fingerprint density at radius 1 is 1.43 bits per heavy atom. The van der Waals surface area contributed by atoms with E-state index in [0.29, 0.717) is 11.3 Å². The minimum absolute atomic E-state index is 0.0212. The van der Waals surface area contributed by atoms with Gasteiger partial charge in [0.2, 0.25) is 5.91 Å². The van der Waals surface area contributed by atoms with Gasteiger partial charge in [-0.3, -0.25) is 9.36 Å². The molecule has 28 heavy (non-hydrogen) atoms. The van der Waals surface area contributed by atoms with Gasteiger partial charge in [0, 0.05) is 27.8 Å². The summed E-state index contributed by atoms with van der Waals surface area (Å²) in [6.45, 7) is -0.155. The van der Waals surface area contributed by atoms with Gasteiger partial charge in [-0.15, -0.1) is 11.3 Å². The second-order valence-corrected chi connectivity index (χ2v) is 9.81. The second kappa shape index (κ2) is 6.94. The minimum Gasteiger partial charge on any atom is -0.492 e. The molecular formula is C15H13BrF4NO5PS. The third kappa shape index (κ3) is 3.80. The number of rotatable bonds is 7. The first kappa shape index (κ1) is 21.5. The second-order valence-electron chi connectivity index (χ2n) is 6.34. The van der Waals surface area contributed by atoms with Crippen LogP contribution in [0.15, 0.2) is 16.6 Å². The highest BCUT2D eigenvalue weighted by atomic mass is 79.9. The zero-order valence-electron chi connectivity index (χ0n) is 13.8. The Hall–Kier alpha value is -1.20. The van der Waals surface area contributed by atoms with Crippen molar-refractivity contribution >= 4 is 50.9 Å². The van der Waals surface area contributed by atoms with Gasteiger partial charge in [-0.05, 0) is 34.5 Å². The molecule has 1 heterocycles. The van der Waals surface area contributed by atoms with Crippen molar-refractivity contribution in [2.75, 3.05) is 6.61 Å². The molecule has 0 bridgehead atoms. The van der Waals surface area contributed by atoms with Crippen LogP contribution in [0.1, 0.15) is 28.1 Å². The first-order valence-electron chi connectivity index (χ1n) is 7.76. The summed E-state index contributed by atoms with van der Waals surface area (Å²) in [5.41, 5.74) is 0.660. The van der Waals surface area contributed by atoms with Crippen molar-refractivity contribution in [3.63, 3.8) is 0 Å². The smallest absolute Gasteiger partial charge is 0.400 e. The molecule has 4 N–H and O–H groups in total. The van der Waals surface area contributed by atoms with Gasteiger partial charge in [0.05, 0.1) is 11.3 Å². The number of nitrogens with two attached hydrogens (primary N) is 1. The molecule has 1 aliphatic carbocycles. The van der Waals surface area contributed by atoms with Crippen molar-refractivity contribution in [2.45, 2.75) is 24.4 Å². The molecule has 0 radical (unpaired) electrons.